The number of benzene rings is 2. The molecular formula is C22H16ClN5O3S2. The zero-order chi connectivity index (χ0) is 23.3. The summed E-state index contributed by atoms with van der Waals surface area (Å²) >= 11 is 6.77. The molecule has 0 bridgehead atoms. The van der Waals surface area contributed by atoms with E-state index in [0.29, 0.717) is 11.6 Å². The van der Waals surface area contributed by atoms with Crippen LogP contribution in [0.4, 0.5) is 0 Å². The first kappa shape index (κ1) is 21.6. The highest BCUT2D eigenvalue weighted by Crippen LogP contribution is 2.31. The Morgan fingerprint density at radius 3 is 2.61 bits per heavy atom. The van der Waals surface area contributed by atoms with E-state index in [0.717, 1.165) is 45.1 Å². The maximum atomic E-state index is 12.7. The second-order valence-corrected chi connectivity index (χ2v) is 10.6. The molecule has 3 heterocycles. The molecule has 33 heavy (non-hydrogen) atoms. The number of halogens is 1. The molecule has 2 aliphatic rings. The zero-order valence-corrected chi connectivity index (χ0v) is 19.6. The standard InChI is InChI=1S/C22H16ClN5O3S2/c1-33(30,31)22-26-32-21-25-20(29)17(19(24)28(21)22)10-14-12-27(18-5-3-2-4-16(14)18)11-13-6-8-15(23)9-7-13/h2-10,12,24H,11H2,1H3/b17-10-,24-19?. The Bertz CT molecular complexity index is 1540. The van der Waals surface area contributed by atoms with Gasteiger partial charge in [-0.3, -0.25) is 10.2 Å². The van der Waals surface area contributed by atoms with E-state index < -0.39 is 15.7 Å². The number of sulfone groups is 1. The molecule has 0 saturated carbocycles. The molecular weight excluding hydrogens is 482 g/mol. The first-order valence-corrected chi connectivity index (χ1v) is 12.8. The van der Waals surface area contributed by atoms with Gasteiger partial charge >= 0.3 is 0 Å². The Balaban J connectivity index is 1.58. The number of nitrogens with zero attached hydrogens (tertiary/aromatic N) is 4. The van der Waals surface area contributed by atoms with Gasteiger partial charge in [0.05, 0.1) is 17.5 Å². The highest BCUT2D eigenvalue weighted by molar-refractivity contribution is 8.16. The number of aromatic nitrogens is 1. The van der Waals surface area contributed by atoms with Crippen molar-refractivity contribution in [1.29, 1.82) is 5.41 Å². The first-order chi connectivity index (χ1) is 15.7. The van der Waals surface area contributed by atoms with Crippen molar-refractivity contribution < 1.29 is 13.2 Å². The largest absolute Gasteiger partial charge is 0.342 e. The van der Waals surface area contributed by atoms with Gasteiger partial charge in [0.25, 0.3) is 5.91 Å². The van der Waals surface area contributed by atoms with Gasteiger partial charge in [0.15, 0.2) is 0 Å². The molecule has 0 spiro atoms. The Morgan fingerprint density at radius 1 is 1.15 bits per heavy atom. The van der Waals surface area contributed by atoms with Crippen molar-refractivity contribution in [3.63, 3.8) is 0 Å². The molecule has 1 aromatic heterocycles. The molecule has 8 nitrogen and oxygen atoms in total. The van der Waals surface area contributed by atoms with Crippen molar-refractivity contribution in [2.45, 2.75) is 6.54 Å². The van der Waals surface area contributed by atoms with Gasteiger partial charge < -0.3 is 4.57 Å². The van der Waals surface area contributed by atoms with Crippen LogP contribution >= 0.6 is 23.5 Å². The van der Waals surface area contributed by atoms with Crippen molar-refractivity contribution in [2.24, 2.45) is 9.39 Å². The number of rotatable bonds is 3. The summed E-state index contributed by atoms with van der Waals surface area (Å²) in [5, 5.41) is 9.86. The Morgan fingerprint density at radius 2 is 1.88 bits per heavy atom. The minimum atomic E-state index is -3.71. The lowest BCUT2D eigenvalue weighted by Gasteiger charge is -2.23. The zero-order valence-electron chi connectivity index (χ0n) is 17.2. The third-order valence-electron chi connectivity index (χ3n) is 5.21. The number of carbonyl (C=O) groups excluding carboxylic acids is 1. The molecule has 0 unspecified atom stereocenters. The summed E-state index contributed by atoms with van der Waals surface area (Å²) in [5.74, 6) is -0.882. The lowest BCUT2D eigenvalue weighted by atomic mass is 10.1. The van der Waals surface area contributed by atoms with Crippen molar-refractivity contribution >= 4 is 72.4 Å². The number of carbonyl (C=O) groups is 1. The molecule has 5 rings (SSSR count). The summed E-state index contributed by atoms with van der Waals surface area (Å²) in [6.45, 7) is 0.586. The lowest BCUT2D eigenvalue weighted by Crippen LogP contribution is -2.45. The number of amidine groups is 3. The summed E-state index contributed by atoms with van der Waals surface area (Å²) in [6, 6.07) is 15.3. The van der Waals surface area contributed by atoms with Crippen LogP contribution in [0.25, 0.3) is 17.0 Å². The summed E-state index contributed by atoms with van der Waals surface area (Å²) in [4.78, 5) is 17.8. The fourth-order valence-corrected chi connectivity index (χ4v) is 5.67. The van der Waals surface area contributed by atoms with E-state index in [9.17, 15) is 13.2 Å². The van der Waals surface area contributed by atoms with Crippen molar-refractivity contribution in [2.75, 3.05) is 6.26 Å². The molecule has 166 valence electrons. The number of fused-ring (bicyclic) bond motifs is 2. The van der Waals surface area contributed by atoms with Gasteiger partial charge in [0.1, 0.15) is 5.84 Å². The fraction of sp³-hybridized carbons (Fsp3) is 0.0909. The number of hydrogen-bond donors (Lipinski definition) is 1. The topological polar surface area (TPSA) is 108 Å². The first-order valence-electron chi connectivity index (χ1n) is 9.73. The average molecular weight is 498 g/mol. The predicted molar refractivity (Wildman–Crippen MR) is 132 cm³/mol. The Labute approximate surface area is 198 Å². The van der Waals surface area contributed by atoms with Crippen LogP contribution < -0.4 is 0 Å². The number of nitrogens with one attached hydrogen (secondary N) is 1. The van der Waals surface area contributed by atoms with Crippen LogP contribution in [0.2, 0.25) is 5.02 Å². The molecule has 3 aromatic rings. The second-order valence-electron chi connectivity index (χ2n) is 7.53. The van der Waals surface area contributed by atoms with Crippen molar-refractivity contribution in [1.82, 2.24) is 9.47 Å². The van der Waals surface area contributed by atoms with E-state index >= 15 is 0 Å². The molecule has 0 saturated heterocycles. The van der Waals surface area contributed by atoms with E-state index in [1.807, 2.05) is 59.3 Å². The monoisotopic (exact) mass is 497 g/mol. The summed E-state index contributed by atoms with van der Waals surface area (Å²) in [7, 11) is -3.71. The number of hydrogen-bond acceptors (Lipinski definition) is 6. The molecule has 11 heteroatoms. The number of amides is 1. The summed E-state index contributed by atoms with van der Waals surface area (Å²) < 4.78 is 30.1. The molecule has 2 aromatic carbocycles. The van der Waals surface area contributed by atoms with E-state index in [-0.39, 0.29) is 21.7 Å². The van der Waals surface area contributed by atoms with Gasteiger partial charge in [-0.15, -0.1) is 0 Å². The maximum absolute atomic E-state index is 12.7. The van der Waals surface area contributed by atoms with Gasteiger partial charge in [0, 0.05) is 40.5 Å². The molecule has 2 aliphatic heterocycles. The van der Waals surface area contributed by atoms with Crippen molar-refractivity contribution in [3.05, 3.63) is 76.5 Å². The second kappa shape index (κ2) is 7.98. The number of aliphatic imine (C=N–C) groups is 1. The predicted octanol–water partition coefficient (Wildman–Crippen LogP) is 3.96. The molecule has 0 fully saturated rings. The fourth-order valence-electron chi connectivity index (χ4n) is 3.70. The molecule has 0 radical (unpaired) electrons. The van der Waals surface area contributed by atoms with E-state index in [1.54, 1.807) is 6.08 Å². The third-order valence-corrected chi connectivity index (χ3v) is 7.22. The van der Waals surface area contributed by atoms with Crippen LogP contribution in [0, 0.1) is 5.41 Å². The third kappa shape index (κ3) is 3.90. The SMILES string of the molecule is CS(=O)(=O)C1=NSC2=NC(=O)/C(=C\c3cn(Cc4ccc(Cl)cc4)c4ccccc34)C(=N)N21. The van der Waals surface area contributed by atoms with Crippen molar-refractivity contribution in [3.8, 4) is 0 Å². The highest BCUT2D eigenvalue weighted by Gasteiger charge is 2.41. The molecule has 0 aliphatic carbocycles. The van der Waals surface area contributed by atoms with Gasteiger partial charge in [-0.2, -0.15) is 9.39 Å². The van der Waals surface area contributed by atoms with Gasteiger partial charge in [-0.25, -0.2) is 13.3 Å². The molecule has 1 N–H and O–H groups in total. The number of para-hydroxylation sites is 1. The van der Waals surface area contributed by atoms with E-state index in [1.165, 1.54) is 0 Å². The minimum absolute atomic E-state index is 0.00741. The minimum Gasteiger partial charge on any atom is -0.342 e. The summed E-state index contributed by atoms with van der Waals surface area (Å²) in [6.07, 6.45) is 4.48. The normalized spacial score (nSPS) is 17.5. The van der Waals surface area contributed by atoms with Crippen LogP contribution in [-0.4, -0.2) is 46.2 Å². The van der Waals surface area contributed by atoms with Gasteiger partial charge in [-0.05, 0) is 29.8 Å². The van der Waals surface area contributed by atoms with Crippen LogP contribution in [0.1, 0.15) is 11.1 Å². The maximum Gasteiger partial charge on any atom is 0.283 e. The lowest BCUT2D eigenvalue weighted by molar-refractivity contribution is -0.114. The summed E-state index contributed by atoms with van der Waals surface area (Å²) in [5.41, 5.74) is 2.72. The van der Waals surface area contributed by atoms with E-state index in [2.05, 4.69) is 9.39 Å². The quantitative estimate of drug-likeness (QED) is 0.435. The van der Waals surface area contributed by atoms with Gasteiger partial charge in [0.2, 0.25) is 20.2 Å². The van der Waals surface area contributed by atoms with Crippen LogP contribution in [-0.2, 0) is 21.2 Å². The van der Waals surface area contributed by atoms with E-state index in [4.69, 9.17) is 17.0 Å². The van der Waals surface area contributed by atoms with Crippen LogP contribution in [0.5, 0.6) is 0 Å². The molecule has 0 atom stereocenters. The van der Waals surface area contributed by atoms with Crippen LogP contribution in [0.3, 0.4) is 0 Å². The molecule has 1 amide bonds. The average Bonchev–Trinajstić information content (AvgIpc) is 3.35. The van der Waals surface area contributed by atoms with Gasteiger partial charge in [-0.1, -0.05) is 41.9 Å². The Hall–Kier alpha value is -3.21. The smallest absolute Gasteiger partial charge is 0.283 e. The Kier molecular flexibility index (Phi) is 5.23. The van der Waals surface area contributed by atoms with Crippen LogP contribution in [0.15, 0.2) is 69.7 Å². The highest BCUT2D eigenvalue weighted by atomic mass is 35.5.